The first kappa shape index (κ1) is 12.8. The van der Waals surface area contributed by atoms with Gasteiger partial charge in [-0.3, -0.25) is 0 Å². The summed E-state index contributed by atoms with van der Waals surface area (Å²) < 4.78 is 5.11. The molecule has 16 heavy (non-hydrogen) atoms. The van der Waals surface area contributed by atoms with Gasteiger partial charge in [0, 0.05) is 0 Å². The first-order valence-corrected chi connectivity index (χ1v) is 5.21. The highest BCUT2D eigenvalue weighted by Gasteiger charge is 2.22. The number of benzene rings is 1. The van der Waals surface area contributed by atoms with Crippen LogP contribution in [0.1, 0.15) is 20.8 Å². The minimum Gasteiger partial charge on any atom is -0.442 e. The maximum Gasteiger partial charge on any atom is 0.429 e. The molecule has 2 N–H and O–H groups in total. The summed E-state index contributed by atoms with van der Waals surface area (Å²) in [7, 11) is 0. The molecule has 0 atom stereocenters. The standard InChI is InChI=1S/C11H15ClN2O2/c1-11(2,3)16-10(15)14(13)9-7-5-4-6-8(9)12/h4-7H,13H2,1-3H3. The van der Waals surface area contributed by atoms with Crippen LogP contribution >= 0.6 is 11.6 Å². The van der Waals surface area contributed by atoms with E-state index in [1.54, 1.807) is 45.0 Å². The molecule has 0 saturated heterocycles. The fourth-order valence-electron chi connectivity index (χ4n) is 1.06. The zero-order valence-corrected chi connectivity index (χ0v) is 10.3. The number of nitrogens with zero attached hydrogens (tertiary/aromatic N) is 1. The van der Waals surface area contributed by atoms with Crippen LogP contribution in [0.3, 0.4) is 0 Å². The maximum atomic E-state index is 11.6. The quantitative estimate of drug-likeness (QED) is 0.468. The van der Waals surface area contributed by atoms with Crippen molar-refractivity contribution in [1.29, 1.82) is 0 Å². The van der Waals surface area contributed by atoms with Crippen molar-refractivity contribution in [3.8, 4) is 0 Å². The zero-order valence-electron chi connectivity index (χ0n) is 9.53. The van der Waals surface area contributed by atoms with Crippen LogP contribution in [0.4, 0.5) is 10.5 Å². The molecule has 1 rings (SSSR count). The normalized spacial score (nSPS) is 11.1. The Balaban J connectivity index is 2.83. The number of hydrogen-bond acceptors (Lipinski definition) is 3. The number of hydrogen-bond donors (Lipinski definition) is 1. The lowest BCUT2D eigenvalue weighted by atomic mass is 10.2. The van der Waals surface area contributed by atoms with Gasteiger partial charge in [0.25, 0.3) is 0 Å². The molecule has 0 heterocycles. The van der Waals surface area contributed by atoms with Gasteiger partial charge in [0.05, 0.1) is 10.7 Å². The Hall–Kier alpha value is -1.26. The fourth-order valence-corrected chi connectivity index (χ4v) is 1.28. The van der Waals surface area contributed by atoms with E-state index in [1.807, 2.05) is 0 Å². The topological polar surface area (TPSA) is 55.6 Å². The number of carbonyl (C=O) groups excluding carboxylic acids is 1. The summed E-state index contributed by atoms with van der Waals surface area (Å²) in [5.74, 6) is 5.62. The number of para-hydroxylation sites is 1. The second-order valence-electron chi connectivity index (χ2n) is 4.30. The van der Waals surface area contributed by atoms with Gasteiger partial charge < -0.3 is 4.74 Å². The van der Waals surface area contributed by atoms with Crippen molar-refractivity contribution in [2.45, 2.75) is 26.4 Å². The number of nitrogens with two attached hydrogens (primary N) is 1. The van der Waals surface area contributed by atoms with Crippen molar-refractivity contribution in [2.75, 3.05) is 5.01 Å². The Bertz CT molecular complexity index is 388. The Morgan fingerprint density at radius 1 is 1.38 bits per heavy atom. The number of hydrazine groups is 1. The van der Waals surface area contributed by atoms with Crippen molar-refractivity contribution in [2.24, 2.45) is 5.84 Å². The van der Waals surface area contributed by atoms with E-state index in [0.29, 0.717) is 10.7 Å². The minimum absolute atomic E-state index is 0.399. The molecular formula is C11H15ClN2O2. The molecule has 5 heteroatoms. The third-order valence-electron chi connectivity index (χ3n) is 1.70. The highest BCUT2D eigenvalue weighted by molar-refractivity contribution is 6.33. The molecule has 0 aromatic heterocycles. The van der Waals surface area contributed by atoms with E-state index in [-0.39, 0.29) is 0 Å². The molecule has 0 aliphatic heterocycles. The molecule has 0 bridgehead atoms. The molecule has 4 nitrogen and oxygen atoms in total. The summed E-state index contributed by atoms with van der Waals surface area (Å²) in [5.41, 5.74) is -0.172. The van der Waals surface area contributed by atoms with Crippen LogP contribution in [0.25, 0.3) is 0 Å². The second kappa shape index (κ2) is 4.72. The number of halogens is 1. The Labute approximate surface area is 99.9 Å². The third kappa shape index (κ3) is 3.40. The van der Waals surface area contributed by atoms with Crippen molar-refractivity contribution in [3.63, 3.8) is 0 Å². The summed E-state index contributed by atoms with van der Waals surface area (Å²) in [6.45, 7) is 5.31. The van der Waals surface area contributed by atoms with E-state index in [2.05, 4.69) is 0 Å². The molecule has 0 saturated carbocycles. The van der Waals surface area contributed by atoms with Crippen molar-refractivity contribution < 1.29 is 9.53 Å². The van der Waals surface area contributed by atoms with E-state index in [9.17, 15) is 4.79 Å². The summed E-state index contributed by atoms with van der Waals surface area (Å²) >= 11 is 5.90. The molecule has 1 aromatic rings. The molecule has 0 aliphatic carbocycles. The number of ether oxygens (including phenoxy) is 1. The molecule has 0 fully saturated rings. The lowest BCUT2D eigenvalue weighted by molar-refractivity contribution is 0.0580. The zero-order chi connectivity index (χ0) is 12.3. The summed E-state index contributed by atoms with van der Waals surface area (Å²) in [6.07, 6.45) is -0.638. The van der Waals surface area contributed by atoms with Gasteiger partial charge in [-0.25, -0.2) is 15.6 Å². The lowest BCUT2D eigenvalue weighted by Gasteiger charge is -2.24. The van der Waals surface area contributed by atoms with Gasteiger partial charge in [0.15, 0.2) is 0 Å². The Kier molecular flexibility index (Phi) is 3.78. The lowest BCUT2D eigenvalue weighted by Crippen LogP contribution is -2.41. The van der Waals surface area contributed by atoms with Crippen LogP contribution in [0.15, 0.2) is 24.3 Å². The molecule has 0 spiro atoms. The van der Waals surface area contributed by atoms with Crippen LogP contribution < -0.4 is 10.9 Å². The summed E-state index contributed by atoms with van der Waals surface area (Å²) in [6, 6.07) is 6.80. The van der Waals surface area contributed by atoms with Crippen LogP contribution in [0, 0.1) is 0 Å². The number of carbonyl (C=O) groups is 1. The highest BCUT2D eigenvalue weighted by Crippen LogP contribution is 2.24. The van der Waals surface area contributed by atoms with Gasteiger partial charge in [0.2, 0.25) is 0 Å². The monoisotopic (exact) mass is 242 g/mol. The molecule has 88 valence electrons. The minimum atomic E-state index is -0.638. The van der Waals surface area contributed by atoms with Gasteiger partial charge >= 0.3 is 6.09 Å². The molecule has 0 radical (unpaired) electrons. The van der Waals surface area contributed by atoms with Crippen molar-refractivity contribution in [3.05, 3.63) is 29.3 Å². The first-order chi connectivity index (χ1) is 7.31. The van der Waals surface area contributed by atoms with Gasteiger partial charge in [-0.05, 0) is 32.9 Å². The second-order valence-corrected chi connectivity index (χ2v) is 4.71. The molecule has 1 amide bonds. The van der Waals surface area contributed by atoms with Crippen LogP contribution in [-0.4, -0.2) is 11.7 Å². The predicted octanol–water partition coefficient (Wildman–Crippen LogP) is 2.96. The molecular weight excluding hydrogens is 228 g/mol. The van der Waals surface area contributed by atoms with E-state index < -0.39 is 11.7 Å². The van der Waals surface area contributed by atoms with Gasteiger partial charge in [0.1, 0.15) is 5.60 Å². The average molecular weight is 243 g/mol. The van der Waals surface area contributed by atoms with E-state index in [0.717, 1.165) is 5.01 Å². The van der Waals surface area contributed by atoms with E-state index >= 15 is 0 Å². The largest absolute Gasteiger partial charge is 0.442 e. The maximum absolute atomic E-state index is 11.6. The Morgan fingerprint density at radius 3 is 2.44 bits per heavy atom. The van der Waals surface area contributed by atoms with Gasteiger partial charge in [-0.15, -0.1) is 0 Å². The van der Waals surface area contributed by atoms with E-state index in [4.69, 9.17) is 22.2 Å². The smallest absolute Gasteiger partial charge is 0.429 e. The van der Waals surface area contributed by atoms with Crippen LogP contribution in [-0.2, 0) is 4.74 Å². The molecule has 0 aliphatic rings. The summed E-state index contributed by atoms with van der Waals surface area (Å²) in [4.78, 5) is 11.6. The van der Waals surface area contributed by atoms with E-state index in [1.165, 1.54) is 0 Å². The van der Waals surface area contributed by atoms with Crippen molar-refractivity contribution in [1.82, 2.24) is 0 Å². The predicted molar refractivity (Wildman–Crippen MR) is 64.4 cm³/mol. The summed E-state index contributed by atoms with van der Waals surface area (Å²) in [5, 5.41) is 1.30. The Morgan fingerprint density at radius 2 is 1.94 bits per heavy atom. The SMILES string of the molecule is CC(C)(C)OC(=O)N(N)c1ccccc1Cl. The van der Waals surface area contributed by atoms with Crippen molar-refractivity contribution >= 4 is 23.4 Å². The number of amides is 1. The first-order valence-electron chi connectivity index (χ1n) is 4.83. The van der Waals surface area contributed by atoms with Crippen LogP contribution in [0.2, 0.25) is 5.02 Å². The average Bonchev–Trinajstić information content (AvgIpc) is 2.15. The van der Waals surface area contributed by atoms with Gasteiger partial charge in [-0.1, -0.05) is 23.7 Å². The number of rotatable bonds is 1. The third-order valence-corrected chi connectivity index (χ3v) is 2.02. The highest BCUT2D eigenvalue weighted by atomic mass is 35.5. The number of anilines is 1. The van der Waals surface area contributed by atoms with Gasteiger partial charge in [-0.2, -0.15) is 0 Å². The molecule has 1 aromatic carbocycles. The fraction of sp³-hybridized carbons (Fsp3) is 0.364. The van der Waals surface area contributed by atoms with Crippen LogP contribution in [0.5, 0.6) is 0 Å². The molecule has 0 unspecified atom stereocenters.